The number of thiophene rings is 1. The van der Waals surface area contributed by atoms with Crippen molar-refractivity contribution in [1.82, 2.24) is 4.90 Å². The number of benzene rings is 1. The zero-order valence-corrected chi connectivity index (χ0v) is 27.1. The van der Waals surface area contributed by atoms with E-state index in [1.165, 1.54) is 11.3 Å². The van der Waals surface area contributed by atoms with Gasteiger partial charge in [-0.3, -0.25) is 9.59 Å². The van der Waals surface area contributed by atoms with Gasteiger partial charge in [0.15, 0.2) is 0 Å². The third kappa shape index (κ3) is 7.51. The van der Waals surface area contributed by atoms with Gasteiger partial charge in [-0.25, -0.2) is 4.79 Å². The first-order chi connectivity index (χ1) is 20.6. The Bertz CT molecular complexity index is 1250. The van der Waals surface area contributed by atoms with Crippen molar-refractivity contribution in [2.24, 2.45) is 17.3 Å². The lowest BCUT2D eigenvalue weighted by Crippen LogP contribution is -2.49. The zero-order chi connectivity index (χ0) is 30.6. The summed E-state index contributed by atoms with van der Waals surface area (Å²) in [6.45, 7) is 7.62. The summed E-state index contributed by atoms with van der Waals surface area (Å²) in [5.41, 5.74) is 1.08. The molecule has 234 valence electrons. The van der Waals surface area contributed by atoms with Gasteiger partial charge in [-0.2, -0.15) is 0 Å². The molecule has 0 radical (unpaired) electrons. The molecule has 1 unspecified atom stereocenters. The summed E-state index contributed by atoms with van der Waals surface area (Å²) in [5, 5.41) is 0. The molecule has 2 heterocycles. The number of likely N-dealkylation sites (tertiary alicyclic amines) is 1. The van der Waals surface area contributed by atoms with Crippen molar-refractivity contribution >= 4 is 34.9 Å². The molecule has 1 amide bonds. The number of nitrogens with zero attached hydrogens (tertiary/aromatic N) is 2. The molecule has 3 aliphatic rings. The number of rotatable bonds is 8. The number of esters is 2. The maximum Gasteiger partial charge on any atom is 0.353 e. The lowest BCUT2D eigenvalue weighted by molar-refractivity contribution is -0.178. The molecule has 1 aliphatic heterocycles. The summed E-state index contributed by atoms with van der Waals surface area (Å²) < 4.78 is 11.5. The van der Waals surface area contributed by atoms with Crippen LogP contribution < -0.4 is 4.90 Å². The molecule has 43 heavy (non-hydrogen) atoms. The topological polar surface area (TPSA) is 76.1 Å². The van der Waals surface area contributed by atoms with Crippen LogP contribution in [0.3, 0.4) is 0 Å². The fourth-order valence-corrected chi connectivity index (χ4v) is 8.00. The number of anilines is 1. The molecule has 3 fully saturated rings. The van der Waals surface area contributed by atoms with E-state index in [2.05, 4.69) is 18.9 Å². The Morgan fingerprint density at radius 1 is 0.953 bits per heavy atom. The van der Waals surface area contributed by atoms with Crippen LogP contribution in [0.25, 0.3) is 10.4 Å². The van der Waals surface area contributed by atoms with Gasteiger partial charge in [0.05, 0.1) is 11.1 Å². The molecule has 1 atom stereocenters. The summed E-state index contributed by atoms with van der Waals surface area (Å²) in [6.07, 6.45) is 9.24. The number of carbonyl (C=O) groups is 3. The van der Waals surface area contributed by atoms with E-state index < -0.39 is 17.7 Å². The highest BCUT2D eigenvalue weighted by atomic mass is 32.1. The molecule has 2 aliphatic carbocycles. The van der Waals surface area contributed by atoms with Crippen LogP contribution in [0.4, 0.5) is 5.69 Å². The standard InChI is InChI=1S/C35H48N2O5S/c1-24-13-15-27(16-14-24)32(38)37(28-17-21-36(4)22-18-28)29-23-30(26-11-7-5-8-12-26)43-31(29)33(39)41-25(2)42-34(40)35(3)19-9-6-10-20-35/h5,7-8,11-12,23-25,27-28H,6,9-10,13-22H2,1-4H3. The Morgan fingerprint density at radius 3 is 2.26 bits per heavy atom. The van der Waals surface area contributed by atoms with E-state index >= 15 is 0 Å². The summed E-state index contributed by atoms with van der Waals surface area (Å²) >= 11 is 1.35. The summed E-state index contributed by atoms with van der Waals surface area (Å²) in [7, 11) is 2.11. The van der Waals surface area contributed by atoms with Gasteiger partial charge >= 0.3 is 11.9 Å². The minimum absolute atomic E-state index is 0.00863. The fourth-order valence-electron chi connectivity index (χ4n) is 6.96. The molecule has 0 spiro atoms. The van der Waals surface area contributed by atoms with E-state index in [0.29, 0.717) is 16.5 Å². The van der Waals surface area contributed by atoms with Crippen LogP contribution in [0.15, 0.2) is 36.4 Å². The molecule has 1 aromatic heterocycles. The van der Waals surface area contributed by atoms with E-state index in [-0.39, 0.29) is 23.8 Å². The minimum Gasteiger partial charge on any atom is -0.425 e. The van der Waals surface area contributed by atoms with Crippen LogP contribution in [0.2, 0.25) is 0 Å². The molecule has 1 saturated heterocycles. The van der Waals surface area contributed by atoms with Crippen LogP contribution >= 0.6 is 11.3 Å². The van der Waals surface area contributed by atoms with E-state index in [1.807, 2.05) is 48.2 Å². The predicted molar refractivity (Wildman–Crippen MR) is 171 cm³/mol. The maximum atomic E-state index is 14.4. The number of piperidine rings is 1. The number of carbonyl (C=O) groups excluding carboxylic acids is 3. The Hall–Kier alpha value is -2.71. The molecule has 5 rings (SSSR count). The summed E-state index contributed by atoms with van der Waals surface area (Å²) in [6, 6.07) is 12.0. The van der Waals surface area contributed by atoms with Gasteiger partial charge in [-0.05, 0) is 96.0 Å². The third-order valence-corrected chi connectivity index (χ3v) is 11.0. The van der Waals surface area contributed by atoms with E-state index in [1.54, 1.807) is 6.92 Å². The van der Waals surface area contributed by atoms with Crippen molar-refractivity contribution < 1.29 is 23.9 Å². The summed E-state index contributed by atoms with van der Waals surface area (Å²) in [5.74, 6) is -0.149. The van der Waals surface area contributed by atoms with Crippen molar-refractivity contribution in [3.63, 3.8) is 0 Å². The van der Waals surface area contributed by atoms with Crippen molar-refractivity contribution in [1.29, 1.82) is 0 Å². The lowest BCUT2D eigenvalue weighted by atomic mass is 9.76. The number of hydrogen-bond acceptors (Lipinski definition) is 7. The minimum atomic E-state index is -1.03. The Kier molecular flexibility index (Phi) is 10.3. The summed E-state index contributed by atoms with van der Waals surface area (Å²) in [4.78, 5) is 46.9. The fraction of sp³-hybridized carbons (Fsp3) is 0.629. The van der Waals surface area contributed by atoms with Gasteiger partial charge in [0.1, 0.15) is 4.88 Å². The largest absolute Gasteiger partial charge is 0.425 e. The van der Waals surface area contributed by atoms with Gasteiger partial charge in [0.25, 0.3) is 0 Å². The molecular weight excluding hydrogens is 560 g/mol. The number of hydrogen-bond donors (Lipinski definition) is 0. The zero-order valence-electron chi connectivity index (χ0n) is 26.3. The second-order valence-corrected chi connectivity index (χ2v) is 14.4. The van der Waals surface area contributed by atoms with Crippen LogP contribution in [0, 0.1) is 17.3 Å². The Labute approximate surface area is 260 Å². The normalized spacial score (nSPS) is 23.7. The highest BCUT2D eigenvalue weighted by Gasteiger charge is 2.39. The average molecular weight is 609 g/mol. The van der Waals surface area contributed by atoms with Gasteiger partial charge in [0.2, 0.25) is 12.2 Å². The first kappa shape index (κ1) is 31.7. The monoisotopic (exact) mass is 608 g/mol. The van der Waals surface area contributed by atoms with Crippen molar-refractivity contribution in [2.75, 3.05) is 25.0 Å². The Balaban J connectivity index is 1.45. The first-order valence-electron chi connectivity index (χ1n) is 16.3. The SMILES string of the molecule is CC1CCC(C(=O)N(c2cc(-c3ccccc3)sc2C(=O)OC(C)OC(=O)C2(C)CCCCC2)C2CCN(C)CC2)CC1. The highest BCUT2D eigenvalue weighted by Crippen LogP contribution is 2.42. The molecule has 2 saturated carbocycles. The van der Waals surface area contributed by atoms with Crippen molar-refractivity contribution in [3.8, 4) is 10.4 Å². The molecule has 7 nitrogen and oxygen atoms in total. The van der Waals surface area contributed by atoms with E-state index in [9.17, 15) is 14.4 Å². The molecule has 1 aromatic carbocycles. The Morgan fingerprint density at radius 2 is 1.60 bits per heavy atom. The van der Waals surface area contributed by atoms with Crippen LogP contribution in [-0.4, -0.2) is 55.2 Å². The maximum absolute atomic E-state index is 14.4. The second kappa shape index (κ2) is 13.9. The van der Waals surface area contributed by atoms with Crippen LogP contribution in [0.1, 0.15) is 101 Å². The quantitative estimate of drug-likeness (QED) is 0.226. The number of amides is 1. The van der Waals surface area contributed by atoms with Gasteiger partial charge in [0, 0.05) is 23.8 Å². The third-order valence-electron chi connectivity index (χ3n) is 9.87. The van der Waals surface area contributed by atoms with Crippen LogP contribution in [-0.2, 0) is 19.1 Å². The highest BCUT2D eigenvalue weighted by molar-refractivity contribution is 7.18. The number of ether oxygens (including phenoxy) is 2. The lowest BCUT2D eigenvalue weighted by Gasteiger charge is -2.40. The first-order valence-corrected chi connectivity index (χ1v) is 17.1. The van der Waals surface area contributed by atoms with Gasteiger partial charge < -0.3 is 19.3 Å². The van der Waals surface area contributed by atoms with E-state index in [4.69, 9.17) is 9.47 Å². The van der Waals surface area contributed by atoms with Gasteiger partial charge in [-0.1, -0.05) is 56.5 Å². The van der Waals surface area contributed by atoms with Crippen molar-refractivity contribution in [3.05, 3.63) is 41.3 Å². The van der Waals surface area contributed by atoms with Crippen LogP contribution in [0.5, 0.6) is 0 Å². The smallest absolute Gasteiger partial charge is 0.353 e. The second-order valence-electron chi connectivity index (χ2n) is 13.4. The van der Waals surface area contributed by atoms with Crippen molar-refractivity contribution in [2.45, 2.75) is 104 Å². The molecular formula is C35H48N2O5S. The molecule has 0 bridgehead atoms. The predicted octanol–water partition coefficient (Wildman–Crippen LogP) is 7.69. The van der Waals surface area contributed by atoms with E-state index in [0.717, 1.165) is 94.2 Å². The average Bonchev–Trinajstić information content (AvgIpc) is 3.44. The molecule has 8 heteroatoms. The molecule has 0 N–H and O–H groups in total. The molecule has 2 aromatic rings. The van der Waals surface area contributed by atoms with Gasteiger partial charge in [-0.15, -0.1) is 11.3 Å².